The molecule has 0 bridgehead atoms. The van der Waals surface area contributed by atoms with Crippen molar-refractivity contribution in [3.8, 4) is 0 Å². The van der Waals surface area contributed by atoms with Crippen LogP contribution in [0.2, 0.25) is 0 Å². The molecule has 0 spiro atoms. The summed E-state index contributed by atoms with van der Waals surface area (Å²) in [6, 6.07) is 2.70. The molecule has 1 rings (SSSR count). The lowest BCUT2D eigenvalue weighted by atomic mass is 9.91. The maximum absolute atomic E-state index is 12.5. The number of Topliss-reactive ketones (excluding diaryl/α,β-unsaturated/α-hetero) is 1. The lowest BCUT2D eigenvalue weighted by Gasteiger charge is -2.26. The Kier molecular flexibility index (Phi) is 3.68. The fraction of sp³-hybridized carbons (Fsp3) is 0.364. The number of carbonyl (C=O) groups is 1. The molecule has 19 heavy (non-hydrogen) atoms. The van der Waals surface area contributed by atoms with E-state index in [9.17, 15) is 31.1 Å². The number of hydrogen-bond donors (Lipinski definition) is 1. The second-order valence-corrected chi connectivity index (χ2v) is 4.11. The van der Waals surface area contributed by atoms with E-state index in [1.807, 2.05) is 0 Å². The van der Waals surface area contributed by atoms with Crippen LogP contribution in [-0.2, 0) is 6.18 Å². The Bertz CT molecular complexity index is 489. The van der Waals surface area contributed by atoms with Gasteiger partial charge in [-0.3, -0.25) is 4.79 Å². The van der Waals surface area contributed by atoms with Crippen LogP contribution in [0.4, 0.5) is 26.3 Å². The fourth-order valence-electron chi connectivity index (χ4n) is 1.27. The van der Waals surface area contributed by atoms with Crippen LogP contribution < -0.4 is 5.73 Å². The smallest absolute Gasteiger partial charge is 0.311 e. The van der Waals surface area contributed by atoms with E-state index < -0.39 is 34.8 Å². The van der Waals surface area contributed by atoms with Crippen LogP contribution in [0.3, 0.4) is 0 Å². The molecule has 0 aliphatic heterocycles. The fourth-order valence-corrected chi connectivity index (χ4v) is 1.27. The van der Waals surface area contributed by atoms with Crippen molar-refractivity contribution in [1.29, 1.82) is 0 Å². The number of carbonyl (C=O) groups excluding carboxylic acids is 1. The zero-order valence-electron chi connectivity index (χ0n) is 9.56. The van der Waals surface area contributed by atoms with Gasteiger partial charge in [0.2, 0.25) is 0 Å². The normalized spacial score (nSPS) is 16.0. The minimum Gasteiger partial charge on any atom is -0.311 e. The minimum absolute atomic E-state index is 0.346. The molecule has 1 unspecified atom stereocenters. The van der Waals surface area contributed by atoms with Crippen LogP contribution in [0.5, 0.6) is 0 Å². The van der Waals surface area contributed by atoms with E-state index in [4.69, 9.17) is 5.73 Å². The Labute approximate surface area is 104 Å². The van der Waals surface area contributed by atoms with Crippen LogP contribution >= 0.6 is 0 Å². The van der Waals surface area contributed by atoms with Crippen LogP contribution in [0.25, 0.3) is 0 Å². The molecule has 106 valence electrons. The zero-order chi connectivity index (χ0) is 15.1. The molecule has 0 amide bonds. The van der Waals surface area contributed by atoms with Gasteiger partial charge in [-0.05, 0) is 19.1 Å². The zero-order valence-corrected chi connectivity index (χ0v) is 9.56. The van der Waals surface area contributed by atoms with Gasteiger partial charge in [-0.25, -0.2) is 0 Å². The average molecular weight is 285 g/mol. The Morgan fingerprint density at radius 2 is 1.63 bits per heavy atom. The summed E-state index contributed by atoms with van der Waals surface area (Å²) in [6.07, 6.45) is -9.81. The third-order valence-corrected chi connectivity index (χ3v) is 2.51. The SMILES string of the molecule is CC(N)(C(=O)c1cccc(C(F)(F)F)c1)C(F)(F)F. The first-order valence-electron chi connectivity index (χ1n) is 4.95. The summed E-state index contributed by atoms with van der Waals surface area (Å²) in [7, 11) is 0. The molecule has 0 aliphatic carbocycles. The largest absolute Gasteiger partial charge is 0.416 e. The van der Waals surface area contributed by atoms with Gasteiger partial charge >= 0.3 is 12.4 Å². The van der Waals surface area contributed by atoms with Gasteiger partial charge < -0.3 is 5.73 Å². The van der Waals surface area contributed by atoms with Gasteiger partial charge in [0.25, 0.3) is 0 Å². The molecule has 1 aromatic rings. The molecule has 1 aromatic carbocycles. The molecule has 8 heteroatoms. The first-order valence-corrected chi connectivity index (χ1v) is 4.95. The van der Waals surface area contributed by atoms with Gasteiger partial charge in [-0.2, -0.15) is 26.3 Å². The van der Waals surface area contributed by atoms with Crippen molar-refractivity contribution in [2.45, 2.75) is 24.8 Å². The molecule has 1 atom stereocenters. The van der Waals surface area contributed by atoms with E-state index >= 15 is 0 Å². The predicted octanol–water partition coefficient (Wildman–Crippen LogP) is 3.17. The second-order valence-electron chi connectivity index (χ2n) is 4.11. The van der Waals surface area contributed by atoms with Crippen LogP contribution in [-0.4, -0.2) is 17.5 Å². The third-order valence-electron chi connectivity index (χ3n) is 2.51. The average Bonchev–Trinajstić information content (AvgIpc) is 2.25. The summed E-state index contributed by atoms with van der Waals surface area (Å²) in [6.45, 7) is 0.412. The number of alkyl halides is 6. The number of ketones is 1. The lowest BCUT2D eigenvalue weighted by molar-refractivity contribution is -0.165. The van der Waals surface area contributed by atoms with Gasteiger partial charge in [-0.15, -0.1) is 0 Å². The Balaban J connectivity index is 3.22. The lowest BCUT2D eigenvalue weighted by Crippen LogP contribution is -2.57. The summed E-state index contributed by atoms with van der Waals surface area (Å²) in [5.74, 6) is -1.62. The standard InChI is InChI=1S/C11H9F6NO/c1-9(18,11(15,16)17)8(19)6-3-2-4-7(5-6)10(12,13)14/h2-5H,18H2,1H3. The highest BCUT2D eigenvalue weighted by Crippen LogP contribution is 2.33. The number of nitrogens with two attached hydrogens (primary N) is 1. The van der Waals surface area contributed by atoms with Gasteiger partial charge in [-0.1, -0.05) is 12.1 Å². The predicted molar refractivity (Wildman–Crippen MR) is 54.4 cm³/mol. The van der Waals surface area contributed by atoms with Crippen molar-refractivity contribution in [3.05, 3.63) is 35.4 Å². The number of rotatable bonds is 2. The van der Waals surface area contributed by atoms with Crippen molar-refractivity contribution < 1.29 is 31.1 Å². The maximum atomic E-state index is 12.5. The quantitative estimate of drug-likeness (QED) is 0.670. The monoisotopic (exact) mass is 285 g/mol. The summed E-state index contributed by atoms with van der Waals surface area (Å²) >= 11 is 0. The van der Waals surface area contributed by atoms with E-state index in [-0.39, 0.29) is 0 Å². The molecular weight excluding hydrogens is 276 g/mol. The highest BCUT2D eigenvalue weighted by atomic mass is 19.4. The summed E-state index contributed by atoms with van der Waals surface area (Å²) in [5, 5.41) is 0. The molecule has 0 saturated carbocycles. The summed E-state index contributed by atoms with van der Waals surface area (Å²) in [4.78, 5) is 11.6. The molecule has 0 aromatic heterocycles. The first-order chi connectivity index (χ1) is 8.37. The Hall–Kier alpha value is -1.57. The van der Waals surface area contributed by atoms with E-state index in [1.165, 1.54) is 0 Å². The van der Waals surface area contributed by atoms with Gasteiger partial charge in [0.15, 0.2) is 11.3 Å². The van der Waals surface area contributed by atoms with E-state index in [0.717, 1.165) is 12.1 Å². The molecule has 0 aliphatic rings. The van der Waals surface area contributed by atoms with E-state index in [1.54, 1.807) is 0 Å². The maximum Gasteiger partial charge on any atom is 0.416 e. The molecule has 0 fully saturated rings. The molecular formula is C11H9F6NO. The third kappa shape index (κ3) is 3.06. The molecule has 2 N–H and O–H groups in total. The van der Waals surface area contributed by atoms with Gasteiger partial charge in [0.1, 0.15) is 0 Å². The van der Waals surface area contributed by atoms with Crippen LogP contribution in [0, 0.1) is 0 Å². The second kappa shape index (κ2) is 4.52. The minimum atomic E-state index is -5.06. The molecule has 0 radical (unpaired) electrons. The molecule has 0 saturated heterocycles. The summed E-state index contributed by atoms with van der Waals surface area (Å²) < 4.78 is 74.8. The number of benzene rings is 1. The number of hydrogen-bond acceptors (Lipinski definition) is 2. The number of halogens is 6. The first kappa shape index (κ1) is 15.5. The van der Waals surface area contributed by atoms with Crippen molar-refractivity contribution >= 4 is 5.78 Å². The Morgan fingerprint density at radius 1 is 1.11 bits per heavy atom. The van der Waals surface area contributed by atoms with E-state index in [2.05, 4.69) is 0 Å². The molecule has 0 heterocycles. The summed E-state index contributed by atoms with van der Waals surface area (Å²) in [5.41, 5.74) is -0.317. The highest BCUT2D eigenvalue weighted by molar-refractivity contribution is 6.03. The van der Waals surface area contributed by atoms with Crippen molar-refractivity contribution in [2.75, 3.05) is 0 Å². The van der Waals surface area contributed by atoms with Crippen molar-refractivity contribution in [2.24, 2.45) is 5.73 Å². The molecule has 2 nitrogen and oxygen atoms in total. The van der Waals surface area contributed by atoms with Crippen LogP contribution in [0.15, 0.2) is 24.3 Å². The topological polar surface area (TPSA) is 43.1 Å². The van der Waals surface area contributed by atoms with Gasteiger partial charge in [0, 0.05) is 5.56 Å². The van der Waals surface area contributed by atoms with Gasteiger partial charge in [0.05, 0.1) is 5.56 Å². The Morgan fingerprint density at radius 3 is 2.05 bits per heavy atom. The van der Waals surface area contributed by atoms with Crippen molar-refractivity contribution in [3.63, 3.8) is 0 Å². The van der Waals surface area contributed by atoms with Crippen LogP contribution in [0.1, 0.15) is 22.8 Å². The van der Waals surface area contributed by atoms with Crippen molar-refractivity contribution in [1.82, 2.24) is 0 Å². The van der Waals surface area contributed by atoms with E-state index in [0.29, 0.717) is 19.1 Å². The highest BCUT2D eigenvalue weighted by Gasteiger charge is 2.54.